The molecule has 10 heteroatoms. The van der Waals surface area contributed by atoms with Crippen LogP contribution in [0.15, 0.2) is 0 Å². The number of hydrogen-bond donors (Lipinski definition) is 8. The molecular formula is C11H20O10. The highest BCUT2D eigenvalue weighted by Gasteiger charge is 2.51. The van der Waals surface area contributed by atoms with Gasteiger partial charge in [0.15, 0.2) is 6.29 Å². The second kappa shape index (κ2) is 6.38. The molecule has 0 aromatic carbocycles. The van der Waals surface area contributed by atoms with Gasteiger partial charge in [0.1, 0.15) is 54.9 Å². The molecule has 0 aromatic rings. The Morgan fingerprint density at radius 1 is 0.619 bits per heavy atom. The summed E-state index contributed by atoms with van der Waals surface area (Å²) < 4.78 is 10.0. The molecule has 2 aliphatic rings. The molecule has 2 rings (SSSR count). The van der Waals surface area contributed by atoms with Gasteiger partial charge in [-0.3, -0.25) is 0 Å². The van der Waals surface area contributed by atoms with Crippen molar-refractivity contribution >= 4 is 0 Å². The van der Waals surface area contributed by atoms with E-state index in [0.717, 1.165) is 0 Å². The molecule has 1 saturated heterocycles. The number of aliphatic hydroxyl groups is 8. The molecule has 0 amide bonds. The number of ether oxygens (including phenoxy) is 2. The van der Waals surface area contributed by atoms with Crippen molar-refractivity contribution in [1.82, 2.24) is 0 Å². The Balaban J connectivity index is 2.07. The molecule has 0 radical (unpaired) electrons. The van der Waals surface area contributed by atoms with E-state index in [1.54, 1.807) is 0 Å². The molecule has 2 unspecified atom stereocenters. The van der Waals surface area contributed by atoms with Crippen LogP contribution < -0.4 is 0 Å². The maximum atomic E-state index is 9.78. The quantitative estimate of drug-likeness (QED) is 0.245. The first kappa shape index (κ1) is 17.0. The van der Waals surface area contributed by atoms with Crippen molar-refractivity contribution in [3.05, 3.63) is 0 Å². The van der Waals surface area contributed by atoms with Gasteiger partial charge in [-0.15, -0.1) is 0 Å². The molecule has 0 bridgehead atoms. The average Bonchev–Trinajstić information content (AvgIpc) is 2.47. The van der Waals surface area contributed by atoms with E-state index in [-0.39, 0.29) is 6.61 Å². The highest BCUT2D eigenvalue weighted by atomic mass is 16.7. The summed E-state index contributed by atoms with van der Waals surface area (Å²) in [7, 11) is 0. The van der Waals surface area contributed by atoms with Gasteiger partial charge in [-0.2, -0.15) is 0 Å². The largest absolute Gasteiger partial charge is 0.388 e. The van der Waals surface area contributed by atoms with E-state index in [1.807, 2.05) is 0 Å². The summed E-state index contributed by atoms with van der Waals surface area (Å²) in [6, 6.07) is 0. The molecule has 1 heterocycles. The molecular weight excluding hydrogens is 292 g/mol. The summed E-state index contributed by atoms with van der Waals surface area (Å²) in [5.74, 6) is 0. The molecule has 0 aromatic heterocycles. The van der Waals surface area contributed by atoms with Gasteiger partial charge < -0.3 is 50.3 Å². The van der Waals surface area contributed by atoms with Crippen LogP contribution in [-0.2, 0) is 9.47 Å². The van der Waals surface area contributed by atoms with Gasteiger partial charge >= 0.3 is 0 Å². The zero-order valence-corrected chi connectivity index (χ0v) is 10.9. The van der Waals surface area contributed by atoms with E-state index < -0.39 is 61.2 Å². The van der Waals surface area contributed by atoms with Gasteiger partial charge in [-0.25, -0.2) is 0 Å². The lowest BCUT2D eigenvalue weighted by Gasteiger charge is -2.44. The van der Waals surface area contributed by atoms with Gasteiger partial charge in [-0.05, 0) is 0 Å². The van der Waals surface area contributed by atoms with E-state index in [2.05, 4.69) is 0 Å². The standard InChI is InChI=1S/C11H20O10/c12-2-1-20-11(9(19)3(2)13)21-10-7(17)5(15)4(14)6(16)8(10)18/h2-19H,1H2/t2-,3+,4?,5-,6+,7+,8+,9-,10?,11-/m1/s1. The molecule has 21 heavy (non-hydrogen) atoms. The fourth-order valence-corrected chi connectivity index (χ4v) is 2.41. The van der Waals surface area contributed by atoms with Crippen LogP contribution in [0.4, 0.5) is 0 Å². The van der Waals surface area contributed by atoms with E-state index in [1.165, 1.54) is 0 Å². The van der Waals surface area contributed by atoms with Crippen molar-refractivity contribution in [2.24, 2.45) is 0 Å². The zero-order chi connectivity index (χ0) is 15.9. The van der Waals surface area contributed by atoms with Gasteiger partial charge in [0.05, 0.1) is 6.61 Å². The lowest BCUT2D eigenvalue weighted by molar-refractivity contribution is -0.320. The number of hydrogen-bond acceptors (Lipinski definition) is 10. The molecule has 124 valence electrons. The van der Waals surface area contributed by atoms with Crippen LogP contribution in [0.3, 0.4) is 0 Å². The first-order valence-corrected chi connectivity index (χ1v) is 6.47. The third-order valence-electron chi connectivity index (χ3n) is 3.82. The van der Waals surface area contributed by atoms with Crippen molar-refractivity contribution in [3.63, 3.8) is 0 Å². The highest BCUT2D eigenvalue weighted by molar-refractivity contribution is 5.00. The smallest absolute Gasteiger partial charge is 0.186 e. The highest BCUT2D eigenvalue weighted by Crippen LogP contribution is 2.27. The van der Waals surface area contributed by atoms with Crippen LogP contribution in [0.1, 0.15) is 0 Å². The van der Waals surface area contributed by atoms with Gasteiger partial charge in [0, 0.05) is 0 Å². The van der Waals surface area contributed by atoms with Crippen molar-refractivity contribution in [2.45, 2.75) is 61.2 Å². The normalized spacial score (nSPS) is 55.4. The summed E-state index contributed by atoms with van der Waals surface area (Å²) in [6.07, 6.45) is -16.4. The topological polar surface area (TPSA) is 180 Å². The minimum Gasteiger partial charge on any atom is -0.388 e. The molecule has 10 atom stereocenters. The molecule has 1 aliphatic carbocycles. The van der Waals surface area contributed by atoms with Crippen molar-refractivity contribution < 1.29 is 50.3 Å². The lowest BCUT2D eigenvalue weighted by atomic mass is 9.85. The van der Waals surface area contributed by atoms with Gasteiger partial charge in [0.25, 0.3) is 0 Å². The lowest BCUT2D eigenvalue weighted by Crippen LogP contribution is -2.66. The van der Waals surface area contributed by atoms with Crippen LogP contribution in [0.5, 0.6) is 0 Å². The maximum absolute atomic E-state index is 9.78. The van der Waals surface area contributed by atoms with Crippen LogP contribution >= 0.6 is 0 Å². The second-order valence-corrected chi connectivity index (χ2v) is 5.30. The SMILES string of the molecule is OC1[C@@H](O)[C@H](O)C(O[C@H]2OC[C@@H](O)[C@H](O)[C@H]2O)[C@@H](O)[C@H]1O. The summed E-state index contributed by atoms with van der Waals surface area (Å²) in [5.41, 5.74) is 0. The van der Waals surface area contributed by atoms with Crippen molar-refractivity contribution in [1.29, 1.82) is 0 Å². The van der Waals surface area contributed by atoms with Crippen molar-refractivity contribution in [3.8, 4) is 0 Å². The molecule has 0 spiro atoms. The molecule has 1 aliphatic heterocycles. The summed E-state index contributed by atoms with van der Waals surface area (Å²) in [6.45, 7) is -0.352. The predicted molar refractivity (Wildman–Crippen MR) is 62.7 cm³/mol. The molecule has 1 saturated carbocycles. The zero-order valence-electron chi connectivity index (χ0n) is 10.9. The van der Waals surface area contributed by atoms with E-state index >= 15 is 0 Å². The first-order valence-electron chi connectivity index (χ1n) is 6.47. The Labute approximate surface area is 119 Å². The Morgan fingerprint density at radius 2 is 1.10 bits per heavy atom. The Morgan fingerprint density at radius 3 is 1.62 bits per heavy atom. The van der Waals surface area contributed by atoms with Crippen LogP contribution in [0.25, 0.3) is 0 Å². The minimum atomic E-state index is -1.77. The third-order valence-corrected chi connectivity index (χ3v) is 3.82. The average molecular weight is 312 g/mol. The van der Waals surface area contributed by atoms with Gasteiger partial charge in [0.2, 0.25) is 0 Å². The maximum Gasteiger partial charge on any atom is 0.186 e. The fraction of sp³-hybridized carbons (Fsp3) is 1.00. The summed E-state index contributed by atoms with van der Waals surface area (Å²) in [4.78, 5) is 0. The monoisotopic (exact) mass is 312 g/mol. The minimum absolute atomic E-state index is 0.352. The summed E-state index contributed by atoms with van der Waals surface area (Å²) in [5, 5.41) is 76.6. The van der Waals surface area contributed by atoms with E-state index in [4.69, 9.17) is 9.47 Å². The third kappa shape index (κ3) is 3.05. The van der Waals surface area contributed by atoms with E-state index in [0.29, 0.717) is 0 Å². The van der Waals surface area contributed by atoms with Crippen LogP contribution in [0.2, 0.25) is 0 Å². The van der Waals surface area contributed by atoms with Crippen LogP contribution in [-0.4, -0.2) is 109 Å². The van der Waals surface area contributed by atoms with E-state index in [9.17, 15) is 40.9 Å². The molecule has 8 N–H and O–H groups in total. The van der Waals surface area contributed by atoms with Crippen molar-refractivity contribution in [2.75, 3.05) is 6.61 Å². The Hall–Kier alpha value is -0.400. The number of rotatable bonds is 2. The second-order valence-electron chi connectivity index (χ2n) is 5.30. The van der Waals surface area contributed by atoms with Crippen LogP contribution in [0, 0.1) is 0 Å². The Kier molecular flexibility index (Phi) is 5.15. The molecule has 10 nitrogen and oxygen atoms in total. The fourth-order valence-electron chi connectivity index (χ4n) is 2.41. The summed E-state index contributed by atoms with van der Waals surface area (Å²) >= 11 is 0. The van der Waals surface area contributed by atoms with Gasteiger partial charge in [-0.1, -0.05) is 0 Å². The Bertz CT molecular complexity index is 338. The molecule has 2 fully saturated rings. The first-order chi connectivity index (χ1) is 9.75. The number of aliphatic hydroxyl groups excluding tert-OH is 8. The predicted octanol–water partition coefficient (Wildman–Crippen LogP) is -5.37.